The second-order valence-electron chi connectivity index (χ2n) is 7.05. The van der Waals surface area contributed by atoms with E-state index in [-0.39, 0.29) is 12.5 Å². The van der Waals surface area contributed by atoms with Gasteiger partial charge in [-0.1, -0.05) is 29.5 Å². The highest BCUT2D eigenvalue weighted by Crippen LogP contribution is 2.22. The standard InChI is InChI=1S/C19H27N5O2S/c1-13-7-8-16(14(2)10-13)26-11-17-21-22-19(24(17)20)27-12-18(25)23-9-5-4-6-15(23)3/h7-8,10,15H,4-6,9,11-12,20H2,1-3H3/t15-/m0/s1. The summed E-state index contributed by atoms with van der Waals surface area (Å²) in [5, 5.41) is 8.72. The molecule has 0 radical (unpaired) electrons. The summed E-state index contributed by atoms with van der Waals surface area (Å²) in [4.78, 5) is 14.4. The summed E-state index contributed by atoms with van der Waals surface area (Å²) >= 11 is 1.32. The summed E-state index contributed by atoms with van der Waals surface area (Å²) in [5.41, 5.74) is 2.25. The number of nitrogen functional groups attached to an aromatic ring is 1. The number of rotatable bonds is 6. The number of aryl methyl sites for hydroxylation is 2. The van der Waals surface area contributed by atoms with Crippen molar-refractivity contribution in [3.05, 3.63) is 35.2 Å². The van der Waals surface area contributed by atoms with Gasteiger partial charge in [0.25, 0.3) is 0 Å². The summed E-state index contributed by atoms with van der Waals surface area (Å²) in [7, 11) is 0. The fourth-order valence-corrected chi connectivity index (χ4v) is 4.05. The topological polar surface area (TPSA) is 86.3 Å². The van der Waals surface area contributed by atoms with E-state index in [4.69, 9.17) is 10.6 Å². The van der Waals surface area contributed by atoms with Gasteiger partial charge in [0, 0.05) is 12.6 Å². The Morgan fingerprint density at radius 2 is 2.15 bits per heavy atom. The molecule has 2 heterocycles. The molecule has 1 saturated heterocycles. The molecule has 1 aliphatic heterocycles. The van der Waals surface area contributed by atoms with Crippen LogP contribution in [-0.4, -0.2) is 44.0 Å². The Balaban J connectivity index is 1.56. The van der Waals surface area contributed by atoms with Crippen molar-refractivity contribution in [3.8, 4) is 5.75 Å². The van der Waals surface area contributed by atoms with Gasteiger partial charge in [-0.2, -0.15) is 0 Å². The highest BCUT2D eigenvalue weighted by atomic mass is 32.2. The van der Waals surface area contributed by atoms with Crippen LogP contribution in [0.4, 0.5) is 0 Å². The first-order chi connectivity index (χ1) is 13.0. The highest BCUT2D eigenvalue weighted by Gasteiger charge is 2.23. The van der Waals surface area contributed by atoms with E-state index in [0.29, 0.717) is 22.8 Å². The van der Waals surface area contributed by atoms with E-state index < -0.39 is 0 Å². The molecule has 0 aliphatic carbocycles. The lowest BCUT2D eigenvalue weighted by Crippen LogP contribution is -2.43. The van der Waals surface area contributed by atoms with E-state index in [1.54, 1.807) is 0 Å². The van der Waals surface area contributed by atoms with Crippen molar-refractivity contribution in [2.24, 2.45) is 0 Å². The Hall–Kier alpha value is -2.22. The van der Waals surface area contributed by atoms with Crippen molar-refractivity contribution in [1.82, 2.24) is 19.8 Å². The van der Waals surface area contributed by atoms with Crippen molar-refractivity contribution < 1.29 is 9.53 Å². The van der Waals surface area contributed by atoms with Gasteiger partial charge in [0.15, 0.2) is 5.82 Å². The molecular formula is C19H27N5O2S. The zero-order valence-electron chi connectivity index (χ0n) is 16.1. The quantitative estimate of drug-likeness (QED) is 0.604. The lowest BCUT2D eigenvalue weighted by Gasteiger charge is -2.33. The summed E-state index contributed by atoms with van der Waals surface area (Å²) in [6.07, 6.45) is 3.34. The highest BCUT2D eigenvalue weighted by molar-refractivity contribution is 7.99. The number of nitrogens with zero attached hydrogens (tertiary/aromatic N) is 4. The van der Waals surface area contributed by atoms with Crippen molar-refractivity contribution in [1.29, 1.82) is 0 Å². The predicted molar refractivity (Wildman–Crippen MR) is 106 cm³/mol. The van der Waals surface area contributed by atoms with Gasteiger partial charge < -0.3 is 15.5 Å². The predicted octanol–water partition coefficient (Wildman–Crippen LogP) is 2.68. The molecule has 0 bridgehead atoms. The zero-order valence-corrected chi connectivity index (χ0v) is 17.0. The number of nitrogens with two attached hydrogens (primary N) is 1. The van der Waals surface area contributed by atoms with Crippen molar-refractivity contribution >= 4 is 17.7 Å². The van der Waals surface area contributed by atoms with Gasteiger partial charge in [0.2, 0.25) is 11.1 Å². The van der Waals surface area contributed by atoms with Gasteiger partial charge in [-0.05, 0) is 51.7 Å². The number of thioether (sulfide) groups is 1. The Bertz CT molecular complexity index is 807. The summed E-state index contributed by atoms with van der Waals surface area (Å²) in [6.45, 7) is 7.22. The molecule has 1 aromatic carbocycles. The normalized spacial score (nSPS) is 17.1. The summed E-state index contributed by atoms with van der Waals surface area (Å²) in [6, 6.07) is 6.32. The van der Waals surface area contributed by atoms with Gasteiger partial charge in [-0.15, -0.1) is 10.2 Å². The number of carbonyl (C=O) groups is 1. The van der Waals surface area contributed by atoms with Gasteiger partial charge >= 0.3 is 0 Å². The lowest BCUT2D eigenvalue weighted by atomic mass is 10.0. The van der Waals surface area contributed by atoms with Crippen molar-refractivity contribution in [3.63, 3.8) is 0 Å². The van der Waals surface area contributed by atoms with E-state index in [0.717, 1.165) is 30.7 Å². The monoisotopic (exact) mass is 389 g/mol. The average Bonchev–Trinajstić information content (AvgIpc) is 2.99. The minimum absolute atomic E-state index is 0.128. The molecular weight excluding hydrogens is 362 g/mol. The molecule has 1 aliphatic rings. The fourth-order valence-electron chi connectivity index (χ4n) is 3.29. The molecule has 1 fully saturated rings. The third kappa shape index (κ3) is 4.74. The molecule has 2 aromatic rings. The molecule has 0 spiro atoms. The molecule has 1 amide bonds. The van der Waals surface area contributed by atoms with Crippen LogP contribution in [0.3, 0.4) is 0 Å². The molecule has 146 valence electrons. The molecule has 3 rings (SSSR count). The molecule has 8 heteroatoms. The maximum absolute atomic E-state index is 12.5. The van der Waals surface area contributed by atoms with Crippen LogP contribution in [0.2, 0.25) is 0 Å². The fraction of sp³-hybridized carbons (Fsp3) is 0.526. The number of hydrogen-bond donors (Lipinski definition) is 1. The largest absolute Gasteiger partial charge is 0.485 e. The van der Waals surface area contributed by atoms with E-state index in [9.17, 15) is 4.79 Å². The smallest absolute Gasteiger partial charge is 0.233 e. The second kappa shape index (κ2) is 8.65. The first-order valence-corrected chi connectivity index (χ1v) is 10.3. The maximum atomic E-state index is 12.5. The van der Waals surface area contributed by atoms with E-state index >= 15 is 0 Å². The van der Waals surface area contributed by atoms with E-state index in [1.807, 2.05) is 30.9 Å². The number of ether oxygens (including phenoxy) is 1. The van der Waals surface area contributed by atoms with Crippen LogP contribution in [0.15, 0.2) is 23.4 Å². The Morgan fingerprint density at radius 1 is 1.33 bits per heavy atom. The molecule has 1 atom stereocenters. The van der Waals surface area contributed by atoms with Crippen molar-refractivity contribution in [2.75, 3.05) is 18.1 Å². The van der Waals surface area contributed by atoms with Crippen molar-refractivity contribution in [2.45, 2.75) is 57.8 Å². The number of amides is 1. The first-order valence-electron chi connectivity index (χ1n) is 9.27. The maximum Gasteiger partial charge on any atom is 0.233 e. The van der Waals surface area contributed by atoms with E-state index in [1.165, 1.54) is 28.4 Å². The molecule has 0 saturated carbocycles. The summed E-state index contributed by atoms with van der Waals surface area (Å²) < 4.78 is 7.22. The molecule has 1 aromatic heterocycles. The Labute approximate surface area is 164 Å². The van der Waals surface area contributed by atoms with E-state index in [2.05, 4.69) is 23.2 Å². The number of benzene rings is 1. The minimum Gasteiger partial charge on any atom is -0.485 e. The Kier molecular flexibility index (Phi) is 6.26. The SMILES string of the molecule is Cc1ccc(OCc2nnc(SCC(=O)N3CCCC[C@@H]3C)n2N)c(C)c1. The lowest BCUT2D eigenvalue weighted by molar-refractivity contribution is -0.131. The van der Waals surface area contributed by atoms with Crippen LogP contribution in [-0.2, 0) is 11.4 Å². The van der Waals surface area contributed by atoms with Crippen LogP contribution in [0.5, 0.6) is 5.75 Å². The Morgan fingerprint density at radius 3 is 2.89 bits per heavy atom. The molecule has 0 unspecified atom stereocenters. The summed E-state index contributed by atoms with van der Waals surface area (Å²) in [5.74, 6) is 7.86. The number of aromatic nitrogens is 3. The third-order valence-corrected chi connectivity index (χ3v) is 5.80. The van der Waals surface area contributed by atoms with Gasteiger partial charge in [0.05, 0.1) is 5.75 Å². The van der Waals surface area contributed by atoms with Crippen LogP contribution in [0, 0.1) is 13.8 Å². The zero-order chi connectivity index (χ0) is 19.4. The van der Waals surface area contributed by atoms with Gasteiger partial charge in [-0.25, -0.2) is 4.68 Å². The van der Waals surface area contributed by atoms with Gasteiger partial charge in [-0.3, -0.25) is 4.79 Å². The molecule has 27 heavy (non-hydrogen) atoms. The number of hydrogen-bond acceptors (Lipinski definition) is 6. The van der Waals surface area contributed by atoms with Crippen LogP contribution < -0.4 is 10.6 Å². The number of likely N-dealkylation sites (tertiary alicyclic amines) is 1. The van der Waals surface area contributed by atoms with Crippen LogP contribution >= 0.6 is 11.8 Å². The molecule has 7 nitrogen and oxygen atoms in total. The van der Waals surface area contributed by atoms with Gasteiger partial charge in [0.1, 0.15) is 12.4 Å². The minimum atomic E-state index is 0.128. The number of carbonyl (C=O) groups excluding carboxylic acids is 1. The number of piperidine rings is 1. The van der Waals surface area contributed by atoms with Crippen LogP contribution in [0.25, 0.3) is 0 Å². The average molecular weight is 390 g/mol. The van der Waals surface area contributed by atoms with Crippen LogP contribution in [0.1, 0.15) is 43.1 Å². The molecule has 2 N–H and O–H groups in total. The first kappa shape index (κ1) is 19.5. The second-order valence-corrected chi connectivity index (χ2v) is 7.99. The third-order valence-electron chi connectivity index (χ3n) is 4.87.